The zero-order valence-electron chi connectivity index (χ0n) is 18.3. The highest BCUT2D eigenvalue weighted by Crippen LogP contribution is 2.16. The number of carbonyl (C=O) groups excluding carboxylic acids is 2. The number of hydrogen-bond acceptors (Lipinski definition) is 3. The lowest BCUT2D eigenvalue weighted by Gasteiger charge is -2.29. The first kappa shape index (κ1) is 23.8. The van der Waals surface area contributed by atoms with Crippen molar-refractivity contribution in [3.63, 3.8) is 0 Å². The van der Waals surface area contributed by atoms with Gasteiger partial charge in [0.25, 0.3) is 5.91 Å². The molecular formula is C24H28F3N3O2. The van der Waals surface area contributed by atoms with Crippen molar-refractivity contribution in [2.24, 2.45) is 5.92 Å². The molecule has 1 aliphatic heterocycles. The fraction of sp³-hybridized carbons (Fsp3) is 0.417. The van der Waals surface area contributed by atoms with E-state index in [1.807, 2.05) is 0 Å². The van der Waals surface area contributed by atoms with Gasteiger partial charge in [-0.05, 0) is 42.2 Å². The Kier molecular flexibility index (Phi) is 7.90. The SMILES string of the molecule is CC(C)[C@H](NC(=O)c1c(F)cccc1F)C(=O)N1CCCN(Cc2ccc(F)cc2)CC1. The molecule has 1 aliphatic rings. The van der Waals surface area contributed by atoms with Crippen LogP contribution in [0.2, 0.25) is 0 Å². The van der Waals surface area contributed by atoms with Gasteiger partial charge in [-0.1, -0.05) is 32.0 Å². The molecule has 172 valence electrons. The lowest BCUT2D eigenvalue weighted by atomic mass is 10.0. The highest BCUT2D eigenvalue weighted by atomic mass is 19.1. The largest absolute Gasteiger partial charge is 0.340 e. The van der Waals surface area contributed by atoms with Crippen molar-refractivity contribution in [3.8, 4) is 0 Å². The van der Waals surface area contributed by atoms with E-state index in [1.165, 1.54) is 18.2 Å². The summed E-state index contributed by atoms with van der Waals surface area (Å²) in [5, 5.41) is 2.53. The standard InChI is InChI=1S/C24H28F3N3O2/c1-16(2)22(28-23(31)21-19(26)5-3-6-20(21)27)24(32)30-12-4-11-29(13-14-30)15-17-7-9-18(25)10-8-17/h3,5-10,16,22H,4,11-15H2,1-2H3,(H,28,31)/t22-/m0/s1. The van der Waals surface area contributed by atoms with E-state index in [1.54, 1.807) is 30.9 Å². The first-order chi connectivity index (χ1) is 15.3. The Balaban J connectivity index is 1.64. The van der Waals surface area contributed by atoms with E-state index in [9.17, 15) is 22.8 Å². The van der Waals surface area contributed by atoms with Crippen LogP contribution in [0.5, 0.6) is 0 Å². The molecule has 0 spiro atoms. The Morgan fingerprint density at radius 1 is 0.938 bits per heavy atom. The van der Waals surface area contributed by atoms with Crippen LogP contribution >= 0.6 is 0 Å². The van der Waals surface area contributed by atoms with Gasteiger partial charge in [0, 0.05) is 32.7 Å². The number of benzene rings is 2. The molecule has 8 heteroatoms. The van der Waals surface area contributed by atoms with Crippen molar-refractivity contribution in [1.29, 1.82) is 0 Å². The van der Waals surface area contributed by atoms with Crippen LogP contribution in [-0.2, 0) is 11.3 Å². The van der Waals surface area contributed by atoms with Gasteiger partial charge >= 0.3 is 0 Å². The van der Waals surface area contributed by atoms with Crippen LogP contribution in [0.1, 0.15) is 36.2 Å². The Morgan fingerprint density at radius 3 is 2.22 bits per heavy atom. The van der Waals surface area contributed by atoms with E-state index < -0.39 is 29.1 Å². The molecule has 1 atom stereocenters. The third-order valence-corrected chi connectivity index (χ3v) is 5.63. The predicted molar refractivity (Wildman–Crippen MR) is 115 cm³/mol. The van der Waals surface area contributed by atoms with Crippen molar-refractivity contribution in [3.05, 3.63) is 71.0 Å². The van der Waals surface area contributed by atoms with Crippen molar-refractivity contribution >= 4 is 11.8 Å². The number of carbonyl (C=O) groups is 2. The summed E-state index contributed by atoms with van der Waals surface area (Å²) in [6, 6.07) is 8.65. The maximum absolute atomic E-state index is 14.0. The highest BCUT2D eigenvalue weighted by molar-refractivity contribution is 5.98. The minimum Gasteiger partial charge on any atom is -0.340 e. The van der Waals surface area contributed by atoms with E-state index >= 15 is 0 Å². The summed E-state index contributed by atoms with van der Waals surface area (Å²) in [7, 11) is 0. The minimum atomic E-state index is -0.969. The van der Waals surface area contributed by atoms with Crippen molar-refractivity contribution < 1.29 is 22.8 Å². The van der Waals surface area contributed by atoms with Crippen molar-refractivity contribution in [2.75, 3.05) is 26.2 Å². The van der Waals surface area contributed by atoms with Gasteiger partial charge in [-0.25, -0.2) is 13.2 Å². The highest BCUT2D eigenvalue weighted by Gasteiger charge is 2.31. The number of rotatable bonds is 6. The molecule has 32 heavy (non-hydrogen) atoms. The van der Waals surface area contributed by atoms with Crippen LogP contribution in [0.3, 0.4) is 0 Å². The van der Waals surface area contributed by atoms with Crippen LogP contribution in [0.15, 0.2) is 42.5 Å². The predicted octanol–water partition coefficient (Wildman–Crippen LogP) is 3.59. The molecule has 1 fully saturated rings. The molecule has 2 amide bonds. The smallest absolute Gasteiger partial charge is 0.257 e. The Morgan fingerprint density at radius 2 is 1.59 bits per heavy atom. The number of halogens is 3. The van der Waals surface area contributed by atoms with Crippen molar-refractivity contribution in [1.82, 2.24) is 15.1 Å². The summed E-state index contributed by atoms with van der Waals surface area (Å²) < 4.78 is 41.1. The molecule has 0 aromatic heterocycles. The van der Waals surface area contributed by atoms with Gasteiger partial charge in [0.15, 0.2) is 0 Å². The summed E-state index contributed by atoms with van der Waals surface area (Å²) in [5.41, 5.74) is 0.303. The molecule has 3 rings (SSSR count). The van der Waals surface area contributed by atoms with Crippen LogP contribution in [0.4, 0.5) is 13.2 Å². The van der Waals surface area contributed by atoms with Crippen LogP contribution in [0, 0.1) is 23.4 Å². The fourth-order valence-electron chi connectivity index (χ4n) is 3.84. The molecule has 0 aliphatic carbocycles. The second kappa shape index (κ2) is 10.6. The average Bonchev–Trinajstić information content (AvgIpc) is 2.98. The van der Waals surface area contributed by atoms with Crippen LogP contribution in [0.25, 0.3) is 0 Å². The van der Waals surface area contributed by atoms with Crippen LogP contribution < -0.4 is 5.32 Å². The molecule has 0 unspecified atom stereocenters. The zero-order chi connectivity index (χ0) is 23.3. The second-order valence-corrected chi connectivity index (χ2v) is 8.37. The normalized spacial score (nSPS) is 16.0. The topological polar surface area (TPSA) is 52.7 Å². The van der Waals surface area contributed by atoms with Gasteiger partial charge in [0.1, 0.15) is 29.1 Å². The summed E-state index contributed by atoms with van der Waals surface area (Å²) in [6.07, 6.45) is 0.744. The number of hydrogen-bond donors (Lipinski definition) is 1. The van der Waals surface area contributed by atoms with Gasteiger partial charge in [0.2, 0.25) is 5.91 Å². The van der Waals surface area contributed by atoms with E-state index in [2.05, 4.69) is 10.2 Å². The Hall–Kier alpha value is -2.87. The van der Waals surface area contributed by atoms with Gasteiger partial charge in [-0.2, -0.15) is 0 Å². The molecule has 0 bridgehead atoms. The third-order valence-electron chi connectivity index (χ3n) is 5.63. The van der Waals surface area contributed by atoms with Gasteiger partial charge in [0.05, 0.1) is 0 Å². The van der Waals surface area contributed by atoms with Gasteiger partial charge < -0.3 is 10.2 Å². The summed E-state index contributed by atoms with van der Waals surface area (Å²) in [6.45, 7) is 6.60. The second-order valence-electron chi connectivity index (χ2n) is 8.37. The van der Waals surface area contributed by atoms with Gasteiger partial charge in [-0.15, -0.1) is 0 Å². The molecule has 2 aromatic carbocycles. The Bertz CT molecular complexity index is 930. The Labute approximate surface area is 186 Å². The molecule has 2 aromatic rings. The first-order valence-corrected chi connectivity index (χ1v) is 10.8. The van der Waals surface area contributed by atoms with E-state index in [4.69, 9.17) is 0 Å². The monoisotopic (exact) mass is 447 g/mol. The lowest BCUT2D eigenvalue weighted by Crippen LogP contribution is -2.52. The third kappa shape index (κ3) is 5.88. The van der Waals surface area contributed by atoms with Crippen LogP contribution in [-0.4, -0.2) is 53.8 Å². The molecule has 1 saturated heterocycles. The van der Waals surface area contributed by atoms with E-state index in [0.29, 0.717) is 26.2 Å². The number of nitrogens with zero attached hydrogens (tertiary/aromatic N) is 2. The zero-order valence-corrected chi connectivity index (χ0v) is 18.3. The molecule has 1 N–H and O–H groups in total. The molecule has 0 saturated carbocycles. The maximum Gasteiger partial charge on any atom is 0.257 e. The first-order valence-electron chi connectivity index (χ1n) is 10.8. The van der Waals surface area contributed by atoms with E-state index in [0.717, 1.165) is 30.7 Å². The summed E-state index contributed by atoms with van der Waals surface area (Å²) in [4.78, 5) is 29.6. The van der Waals surface area contributed by atoms with Crippen molar-refractivity contribution in [2.45, 2.75) is 32.9 Å². The van der Waals surface area contributed by atoms with Gasteiger partial charge in [-0.3, -0.25) is 14.5 Å². The lowest BCUT2D eigenvalue weighted by molar-refractivity contribution is -0.134. The summed E-state index contributed by atoms with van der Waals surface area (Å²) >= 11 is 0. The molecule has 5 nitrogen and oxygen atoms in total. The summed E-state index contributed by atoms with van der Waals surface area (Å²) in [5.74, 6) is -3.69. The fourth-order valence-corrected chi connectivity index (χ4v) is 3.84. The molecular weight excluding hydrogens is 419 g/mol. The quantitative estimate of drug-likeness (QED) is 0.737. The minimum absolute atomic E-state index is 0.264. The molecule has 0 radical (unpaired) electrons. The maximum atomic E-state index is 14.0. The molecule has 1 heterocycles. The van der Waals surface area contributed by atoms with E-state index in [-0.39, 0.29) is 17.6 Å². The average molecular weight is 448 g/mol. The number of amides is 2. The number of nitrogens with one attached hydrogen (secondary N) is 1.